The van der Waals surface area contributed by atoms with Crippen LogP contribution in [0.3, 0.4) is 0 Å². The molecule has 1 aromatic heterocycles. The Morgan fingerprint density at radius 3 is 2.73 bits per heavy atom. The SMILES string of the molecule is C[C@@H](Br)c1ncnc(Cl)c1F. The standard InChI is InChI=1S/C6H5BrClFN2/c1-3(7)5-4(9)6(8)11-2-10-5/h2-3H,1H3/t3-/m1/s1. The second-order valence-corrected chi connectivity index (χ2v) is 3.71. The minimum Gasteiger partial charge on any atom is -0.237 e. The number of hydrogen-bond acceptors (Lipinski definition) is 2. The summed E-state index contributed by atoms with van der Waals surface area (Å²) in [5.41, 5.74) is 0.282. The third kappa shape index (κ3) is 1.87. The van der Waals surface area contributed by atoms with Gasteiger partial charge in [-0.05, 0) is 6.92 Å². The summed E-state index contributed by atoms with van der Waals surface area (Å²) in [5, 5.41) is -0.138. The van der Waals surface area contributed by atoms with Crippen molar-refractivity contribution in [1.82, 2.24) is 9.97 Å². The van der Waals surface area contributed by atoms with Crippen molar-refractivity contribution in [2.24, 2.45) is 0 Å². The van der Waals surface area contributed by atoms with E-state index in [1.165, 1.54) is 6.33 Å². The van der Waals surface area contributed by atoms with E-state index in [0.717, 1.165) is 0 Å². The maximum Gasteiger partial charge on any atom is 0.183 e. The van der Waals surface area contributed by atoms with Crippen LogP contribution in [0.5, 0.6) is 0 Å². The maximum atomic E-state index is 13.0. The summed E-state index contributed by atoms with van der Waals surface area (Å²) in [6, 6.07) is 0. The fourth-order valence-electron chi connectivity index (χ4n) is 0.638. The molecular weight excluding hydrogens is 234 g/mol. The number of hydrogen-bond donors (Lipinski definition) is 0. The molecule has 0 saturated heterocycles. The highest BCUT2D eigenvalue weighted by Crippen LogP contribution is 2.24. The van der Waals surface area contributed by atoms with Gasteiger partial charge < -0.3 is 0 Å². The maximum absolute atomic E-state index is 13.0. The molecule has 1 heterocycles. The van der Waals surface area contributed by atoms with Crippen LogP contribution in [0.1, 0.15) is 17.4 Å². The predicted octanol–water partition coefficient (Wildman–Crippen LogP) is 2.73. The summed E-state index contributed by atoms with van der Waals surface area (Å²) in [6.07, 6.45) is 1.23. The van der Waals surface area contributed by atoms with Crippen LogP contribution in [0.25, 0.3) is 0 Å². The topological polar surface area (TPSA) is 25.8 Å². The van der Waals surface area contributed by atoms with E-state index in [0.29, 0.717) is 0 Å². The average molecular weight is 239 g/mol. The number of halogens is 3. The Bertz CT molecular complexity index is 267. The zero-order valence-electron chi connectivity index (χ0n) is 5.68. The normalized spacial score (nSPS) is 13.1. The van der Waals surface area contributed by atoms with E-state index in [-0.39, 0.29) is 15.7 Å². The summed E-state index contributed by atoms with van der Waals surface area (Å²) in [7, 11) is 0. The van der Waals surface area contributed by atoms with Gasteiger partial charge in [-0.3, -0.25) is 0 Å². The number of alkyl halides is 1. The third-order valence-electron chi connectivity index (χ3n) is 1.15. The first-order valence-corrected chi connectivity index (χ1v) is 4.22. The van der Waals surface area contributed by atoms with Gasteiger partial charge in [-0.15, -0.1) is 0 Å². The Morgan fingerprint density at radius 1 is 1.64 bits per heavy atom. The van der Waals surface area contributed by atoms with Crippen molar-refractivity contribution in [2.75, 3.05) is 0 Å². The zero-order chi connectivity index (χ0) is 8.43. The lowest BCUT2D eigenvalue weighted by molar-refractivity contribution is 0.593. The van der Waals surface area contributed by atoms with E-state index < -0.39 is 5.82 Å². The summed E-state index contributed by atoms with van der Waals surface area (Å²) >= 11 is 8.59. The molecule has 0 saturated carbocycles. The second kappa shape index (κ2) is 3.45. The Balaban J connectivity index is 3.17. The summed E-state index contributed by atoms with van der Waals surface area (Å²) in [6.45, 7) is 1.77. The van der Waals surface area contributed by atoms with Crippen LogP contribution in [0.2, 0.25) is 5.15 Å². The van der Waals surface area contributed by atoms with Crippen molar-refractivity contribution in [2.45, 2.75) is 11.8 Å². The highest BCUT2D eigenvalue weighted by atomic mass is 79.9. The largest absolute Gasteiger partial charge is 0.237 e. The molecule has 0 fully saturated rings. The first-order chi connectivity index (χ1) is 5.13. The fourth-order valence-corrected chi connectivity index (χ4v) is 1.10. The Hall–Kier alpha value is -0.220. The van der Waals surface area contributed by atoms with Gasteiger partial charge in [0.05, 0.1) is 10.5 Å². The van der Waals surface area contributed by atoms with Crippen LogP contribution < -0.4 is 0 Å². The van der Waals surface area contributed by atoms with Gasteiger partial charge in [0.15, 0.2) is 11.0 Å². The highest BCUT2D eigenvalue weighted by molar-refractivity contribution is 9.09. The minimum atomic E-state index is -0.557. The molecule has 0 spiro atoms. The molecule has 0 amide bonds. The molecule has 1 atom stereocenters. The first kappa shape index (κ1) is 8.87. The van der Waals surface area contributed by atoms with Crippen LogP contribution >= 0.6 is 27.5 Å². The Morgan fingerprint density at radius 2 is 2.27 bits per heavy atom. The van der Waals surface area contributed by atoms with Gasteiger partial charge in [-0.2, -0.15) is 0 Å². The van der Waals surface area contributed by atoms with Crippen LogP contribution in [-0.2, 0) is 0 Å². The molecule has 0 radical (unpaired) electrons. The Labute approximate surface area is 76.9 Å². The van der Waals surface area contributed by atoms with Gasteiger partial charge >= 0.3 is 0 Å². The minimum absolute atomic E-state index is 0.138. The van der Waals surface area contributed by atoms with Crippen molar-refractivity contribution in [3.8, 4) is 0 Å². The molecule has 1 rings (SSSR count). The summed E-state index contributed by atoms with van der Waals surface area (Å²) < 4.78 is 13.0. The quantitative estimate of drug-likeness (QED) is 0.556. The van der Waals surface area contributed by atoms with Crippen molar-refractivity contribution in [3.05, 3.63) is 23.0 Å². The van der Waals surface area contributed by atoms with Crippen molar-refractivity contribution >= 4 is 27.5 Å². The molecule has 5 heteroatoms. The van der Waals surface area contributed by atoms with Crippen LogP contribution in [-0.4, -0.2) is 9.97 Å². The average Bonchev–Trinajstić information content (AvgIpc) is 1.94. The van der Waals surface area contributed by atoms with Gasteiger partial charge in [0.2, 0.25) is 0 Å². The molecule has 0 N–H and O–H groups in total. The predicted molar refractivity (Wildman–Crippen MR) is 44.3 cm³/mol. The van der Waals surface area contributed by atoms with Crippen LogP contribution in [0.15, 0.2) is 6.33 Å². The molecule has 2 nitrogen and oxygen atoms in total. The monoisotopic (exact) mass is 238 g/mol. The molecule has 1 aromatic rings. The van der Waals surface area contributed by atoms with Gasteiger partial charge in [0.25, 0.3) is 0 Å². The lowest BCUT2D eigenvalue weighted by Crippen LogP contribution is -1.97. The molecular formula is C6H5BrClFN2. The molecule has 60 valence electrons. The lowest BCUT2D eigenvalue weighted by atomic mass is 10.3. The zero-order valence-corrected chi connectivity index (χ0v) is 8.02. The summed E-state index contributed by atoms with van der Waals surface area (Å²) in [5.74, 6) is -0.557. The first-order valence-electron chi connectivity index (χ1n) is 2.93. The van der Waals surface area contributed by atoms with E-state index in [2.05, 4.69) is 25.9 Å². The molecule has 0 aliphatic heterocycles. The third-order valence-corrected chi connectivity index (χ3v) is 1.85. The fraction of sp³-hybridized carbons (Fsp3) is 0.333. The van der Waals surface area contributed by atoms with E-state index >= 15 is 0 Å². The van der Waals surface area contributed by atoms with Gasteiger partial charge in [-0.25, -0.2) is 14.4 Å². The van der Waals surface area contributed by atoms with E-state index in [1.807, 2.05) is 0 Å². The van der Waals surface area contributed by atoms with E-state index in [1.54, 1.807) is 6.92 Å². The highest BCUT2D eigenvalue weighted by Gasteiger charge is 2.12. The number of rotatable bonds is 1. The van der Waals surface area contributed by atoms with Gasteiger partial charge in [-0.1, -0.05) is 27.5 Å². The van der Waals surface area contributed by atoms with E-state index in [4.69, 9.17) is 11.6 Å². The molecule has 0 unspecified atom stereocenters. The molecule has 0 aliphatic carbocycles. The van der Waals surface area contributed by atoms with Crippen molar-refractivity contribution in [3.63, 3.8) is 0 Å². The smallest absolute Gasteiger partial charge is 0.183 e. The van der Waals surface area contributed by atoms with Gasteiger partial charge in [0, 0.05) is 0 Å². The van der Waals surface area contributed by atoms with Crippen molar-refractivity contribution in [1.29, 1.82) is 0 Å². The molecule has 0 aromatic carbocycles. The molecule has 11 heavy (non-hydrogen) atoms. The second-order valence-electron chi connectivity index (χ2n) is 1.98. The van der Waals surface area contributed by atoms with Crippen molar-refractivity contribution < 1.29 is 4.39 Å². The number of nitrogens with zero attached hydrogens (tertiary/aromatic N) is 2. The Kier molecular flexibility index (Phi) is 2.78. The summed E-state index contributed by atoms with van der Waals surface area (Å²) in [4.78, 5) is 7.05. The number of aromatic nitrogens is 2. The lowest BCUT2D eigenvalue weighted by Gasteiger charge is -2.02. The molecule has 0 bridgehead atoms. The molecule has 0 aliphatic rings. The van der Waals surface area contributed by atoms with E-state index in [9.17, 15) is 4.39 Å². The van der Waals surface area contributed by atoms with Crippen LogP contribution in [0.4, 0.5) is 4.39 Å². The van der Waals surface area contributed by atoms with Crippen LogP contribution in [0, 0.1) is 5.82 Å². The van der Waals surface area contributed by atoms with Gasteiger partial charge in [0.1, 0.15) is 6.33 Å².